The summed E-state index contributed by atoms with van der Waals surface area (Å²) < 4.78 is 7.92. The number of nitrogens with zero attached hydrogens (tertiary/aromatic N) is 4. The van der Waals surface area contributed by atoms with Crippen LogP contribution in [-0.2, 0) is 11.2 Å². The number of aryl methyl sites for hydroxylation is 1. The van der Waals surface area contributed by atoms with Crippen LogP contribution in [0, 0.1) is 5.92 Å². The summed E-state index contributed by atoms with van der Waals surface area (Å²) in [5.74, 6) is 0.693. The molecule has 0 spiro atoms. The fourth-order valence-electron chi connectivity index (χ4n) is 4.91. The van der Waals surface area contributed by atoms with E-state index in [4.69, 9.17) is 12.6 Å². The first-order valence-electron chi connectivity index (χ1n) is 13.5. The van der Waals surface area contributed by atoms with Crippen LogP contribution in [0.2, 0.25) is 0 Å². The monoisotopic (exact) mass is 498 g/mol. The summed E-state index contributed by atoms with van der Waals surface area (Å²) in [6.45, 7) is 17.2. The van der Waals surface area contributed by atoms with Gasteiger partial charge in [-0.1, -0.05) is 39.7 Å². The molecule has 0 aliphatic heterocycles. The Bertz CT molecular complexity index is 929. The van der Waals surface area contributed by atoms with E-state index >= 15 is 0 Å². The number of hydrogen-bond acceptors (Lipinski definition) is 4. The molecule has 1 saturated carbocycles. The molecule has 202 valence electrons. The molecule has 1 aliphatic carbocycles. The van der Waals surface area contributed by atoms with Crippen molar-refractivity contribution in [3.8, 4) is 0 Å². The number of ether oxygens (including phenoxy) is 1. The Kier molecular flexibility index (Phi) is 13.0. The van der Waals surface area contributed by atoms with Gasteiger partial charge >= 0.3 is 6.09 Å². The van der Waals surface area contributed by atoms with Crippen molar-refractivity contribution in [3.05, 3.63) is 24.0 Å². The molecule has 0 atom stereocenters. The Morgan fingerprint density at radius 3 is 2.36 bits per heavy atom. The summed E-state index contributed by atoms with van der Waals surface area (Å²) >= 11 is 0. The highest BCUT2D eigenvalue weighted by Gasteiger charge is 2.26. The highest BCUT2D eigenvalue weighted by atomic mass is 16.6. The number of aromatic nitrogens is 2. The summed E-state index contributed by atoms with van der Waals surface area (Å²) in [5.41, 5.74) is 2.68. The quantitative estimate of drug-likeness (QED) is 0.421. The zero-order valence-corrected chi connectivity index (χ0v) is 23.4. The second-order valence-corrected chi connectivity index (χ2v) is 10.6. The third kappa shape index (κ3) is 8.83. The molecule has 0 unspecified atom stereocenters. The fraction of sp³-hybridized carbons (Fsp3) is 0.724. The third-order valence-electron chi connectivity index (χ3n) is 6.72. The maximum absolute atomic E-state index is 12.4. The molecular weight excluding hydrogens is 447 g/mol. The highest BCUT2D eigenvalue weighted by molar-refractivity contribution is 6.32. The number of fused-ring (bicyclic) bond motifs is 1. The van der Waals surface area contributed by atoms with Gasteiger partial charge in [0, 0.05) is 50.0 Å². The van der Waals surface area contributed by atoms with Gasteiger partial charge in [-0.25, -0.2) is 9.78 Å². The van der Waals surface area contributed by atoms with Gasteiger partial charge in [0.15, 0.2) is 0 Å². The molecule has 2 radical (unpaired) electrons. The van der Waals surface area contributed by atoms with Crippen LogP contribution >= 0.6 is 0 Å². The summed E-state index contributed by atoms with van der Waals surface area (Å²) in [7, 11) is 8.15. The molecule has 0 aromatic carbocycles. The first-order valence-corrected chi connectivity index (χ1v) is 13.5. The molecule has 1 fully saturated rings. The zero-order chi connectivity index (χ0) is 26.2. The van der Waals surface area contributed by atoms with Gasteiger partial charge in [-0.2, -0.15) is 0 Å². The van der Waals surface area contributed by atoms with Gasteiger partial charge in [0.1, 0.15) is 19.1 Å². The highest BCUT2D eigenvalue weighted by Crippen LogP contribution is 2.35. The molecule has 0 saturated heterocycles. The minimum absolute atomic E-state index is 0. The summed E-state index contributed by atoms with van der Waals surface area (Å²) in [5, 5.41) is 1.20. The van der Waals surface area contributed by atoms with Gasteiger partial charge in [0.25, 0.3) is 0 Å². The van der Waals surface area contributed by atoms with Crippen LogP contribution < -0.4 is 5.46 Å². The Balaban J connectivity index is 0.00000211. The maximum atomic E-state index is 12.4. The third-order valence-corrected chi connectivity index (χ3v) is 6.72. The smallest absolute Gasteiger partial charge is 0.410 e. The SMILES string of the molecule is C.CC.[B]c1cnc2c(c1)c(CC)cn2C1CCC(CN(C)CCN(CC)C(=O)OC(C)(C)C)CC1. The molecule has 0 bridgehead atoms. The predicted octanol–water partition coefficient (Wildman–Crippen LogP) is 5.97. The van der Waals surface area contributed by atoms with Gasteiger partial charge in [0.2, 0.25) is 0 Å². The van der Waals surface area contributed by atoms with Crippen LogP contribution in [0.4, 0.5) is 4.79 Å². The Labute approximate surface area is 222 Å². The van der Waals surface area contributed by atoms with Crippen molar-refractivity contribution in [3.63, 3.8) is 0 Å². The van der Waals surface area contributed by atoms with E-state index in [9.17, 15) is 4.79 Å². The van der Waals surface area contributed by atoms with Gasteiger partial charge < -0.3 is 19.1 Å². The number of carbonyl (C=O) groups is 1. The second-order valence-electron chi connectivity index (χ2n) is 10.6. The van der Waals surface area contributed by atoms with E-state index in [1.165, 1.54) is 36.6 Å². The van der Waals surface area contributed by atoms with Crippen LogP contribution in [0.25, 0.3) is 11.0 Å². The van der Waals surface area contributed by atoms with E-state index < -0.39 is 5.60 Å². The van der Waals surface area contributed by atoms with Crippen LogP contribution in [0.15, 0.2) is 18.5 Å². The lowest BCUT2D eigenvalue weighted by molar-refractivity contribution is 0.0244. The Morgan fingerprint density at radius 2 is 1.81 bits per heavy atom. The van der Waals surface area contributed by atoms with Gasteiger partial charge in [0.05, 0.1) is 0 Å². The molecule has 3 rings (SSSR count). The maximum Gasteiger partial charge on any atom is 0.410 e. The van der Waals surface area contributed by atoms with Crippen LogP contribution in [0.5, 0.6) is 0 Å². The minimum Gasteiger partial charge on any atom is -0.444 e. The first kappa shape index (κ1) is 32.0. The van der Waals surface area contributed by atoms with Crippen molar-refractivity contribution < 1.29 is 9.53 Å². The number of carbonyl (C=O) groups excluding carboxylic acids is 1. The van der Waals surface area contributed by atoms with Crippen molar-refractivity contribution >= 4 is 30.4 Å². The topological polar surface area (TPSA) is 50.6 Å². The van der Waals surface area contributed by atoms with Crippen LogP contribution in [-0.4, -0.2) is 72.1 Å². The van der Waals surface area contributed by atoms with Gasteiger partial charge in [-0.05, 0) is 78.3 Å². The fourth-order valence-corrected chi connectivity index (χ4v) is 4.91. The Morgan fingerprint density at radius 1 is 1.17 bits per heavy atom. The van der Waals surface area contributed by atoms with E-state index in [1.54, 1.807) is 11.1 Å². The van der Waals surface area contributed by atoms with Gasteiger partial charge in [-0.15, -0.1) is 0 Å². The largest absolute Gasteiger partial charge is 0.444 e. The second kappa shape index (κ2) is 14.7. The molecule has 7 heteroatoms. The van der Waals surface area contributed by atoms with Gasteiger partial charge in [-0.3, -0.25) is 0 Å². The van der Waals surface area contributed by atoms with Crippen molar-refractivity contribution in [2.75, 3.05) is 33.2 Å². The average molecular weight is 499 g/mol. The van der Waals surface area contributed by atoms with Crippen LogP contribution in [0.1, 0.15) is 93.2 Å². The molecule has 1 aliphatic rings. The standard InChI is InChI=1S/C26H41BN4O2.C2H6.CH4/c1-7-20-18-31(24-23(20)15-21(27)16-28-24)22-11-9-19(10-12-22)17-29(6)13-14-30(8-2)25(32)33-26(3,4)5;1-2;/h15-16,18-19,22H,7-14,17H2,1-6H3;1-2H3;1H4. The first-order chi connectivity index (χ1) is 16.6. The van der Waals surface area contributed by atoms with E-state index in [0.717, 1.165) is 30.6 Å². The Hall–Kier alpha value is -2.02. The molecule has 2 aromatic rings. The number of amides is 1. The van der Waals surface area contributed by atoms with Crippen LogP contribution in [0.3, 0.4) is 0 Å². The predicted molar refractivity (Wildman–Crippen MR) is 155 cm³/mol. The molecule has 6 nitrogen and oxygen atoms in total. The minimum atomic E-state index is -0.458. The normalized spacial score (nSPS) is 17.8. The lowest BCUT2D eigenvalue weighted by Gasteiger charge is -2.33. The average Bonchev–Trinajstić information content (AvgIpc) is 3.18. The molecule has 36 heavy (non-hydrogen) atoms. The number of rotatable bonds is 8. The van der Waals surface area contributed by atoms with Crippen molar-refractivity contribution in [1.82, 2.24) is 19.4 Å². The summed E-state index contributed by atoms with van der Waals surface area (Å²) in [6.07, 6.45) is 9.63. The zero-order valence-electron chi connectivity index (χ0n) is 23.4. The summed E-state index contributed by atoms with van der Waals surface area (Å²) in [6, 6.07) is 2.57. The number of likely N-dealkylation sites (N-methyl/N-ethyl adjacent to an activating group) is 2. The molecule has 1 amide bonds. The summed E-state index contributed by atoms with van der Waals surface area (Å²) in [4.78, 5) is 21.2. The lowest BCUT2D eigenvalue weighted by Crippen LogP contribution is -2.41. The van der Waals surface area contributed by atoms with E-state index in [-0.39, 0.29) is 13.5 Å². The van der Waals surface area contributed by atoms with E-state index in [2.05, 4.69) is 40.7 Å². The van der Waals surface area contributed by atoms with Crippen molar-refractivity contribution in [2.24, 2.45) is 5.92 Å². The lowest BCUT2D eigenvalue weighted by atomic mass is 9.85. The number of hydrogen-bond donors (Lipinski definition) is 0. The molecule has 0 N–H and O–H groups in total. The molecular formula is C29H51BN4O2. The molecule has 2 aromatic heterocycles. The molecule has 2 heterocycles. The van der Waals surface area contributed by atoms with E-state index in [1.807, 2.05) is 41.5 Å². The van der Waals surface area contributed by atoms with Crippen molar-refractivity contribution in [2.45, 2.75) is 99.6 Å². The van der Waals surface area contributed by atoms with E-state index in [0.29, 0.717) is 25.0 Å². The van der Waals surface area contributed by atoms with Crippen molar-refractivity contribution in [1.29, 1.82) is 0 Å². The number of pyridine rings is 1.